The highest BCUT2D eigenvalue weighted by atomic mass is 15.0. The van der Waals surface area contributed by atoms with Crippen molar-refractivity contribution >= 4 is 27.4 Å². The summed E-state index contributed by atoms with van der Waals surface area (Å²) >= 11 is 0. The van der Waals surface area contributed by atoms with Crippen LogP contribution < -0.4 is 0 Å². The summed E-state index contributed by atoms with van der Waals surface area (Å²) in [5.41, 5.74) is 12.1. The quantitative estimate of drug-likeness (QED) is 0.213. The molecule has 0 spiro atoms. The second kappa shape index (κ2) is 9.75. The molecule has 0 radical (unpaired) electrons. The molecule has 2 heterocycles. The predicted octanol–water partition coefficient (Wildman–Crippen LogP) is 9.53. The van der Waals surface area contributed by atoms with Crippen molar-refractivity contribution in [3.05, 3.63) is 186 Å². The summed E-state index contributed by atoms with van der Waals surface area (Å²) in [5, 5.41) is 2.60. The lowest BCUT2D eigenvalue weighted by atomic mass is 9.67. The molecule has 2 aliphatic carbocycles. The van der Waals surface area contributed by atoms with Crippen LogP contribution in [0, 0.1) is 0 Å². The number of aromatic nitrogens is 3. The number of rotatable bonds is 4. The van der Waals surface area contributed by atoms with E-state index in [4.69, 9.17) is 0 Å². The van der Waals surface area contributed by atoms with Gasteiger partial charge in [-0.2, -0.15) is 0 Å². The van der Waals surface area contributed by atoms with Crippen LogP contribution in [0.2, 0.25) is 0 Å². The number of hydrogen-bond donors (Lipinski definition) is 0. The maximum absolute atomic E-state index is 4.68. The Kier molecular flexibility index (Phi) is 5.54. The Balaban J connectivity index is 1.44. The summed E-state index contributed by atoms with van der Waals surface area (Å²) in [6, 6.07) is 47.0. The molecule has 0 bridgehead atoms. The molecule has 3 heteroatoms. The minimum Gasteiger partial charge on any atom is -0.332 e. The van der Waals surface area contributed by atoms with E-state index in [1.165, 1.54) is 60.8 Å². The van der Waals surface area contributed by atoms with Crippen molar-refractivity contribution in [2.75, 3.05) is 0 Å². The van der Waals surface area contributed by atoms with Gasteiger partial charge in [-0.05, 0) is 58.0 Å². The van der Waals surface area contributed by atoms with Gasteiger partial charge >= 0.3 is 0 Å². The van der Waals surface area contributed by atoms with Crippen molar-refractivity contribution in [1.29, 1.82) is 0 Å². The van der Waals surface area contributed by atoms with E-state index in [1.807, 2.05) is 12.3 Å². The number of para-hydroxylation sites is 1. The third-order valence-corrected chi connectivity index (χ3v) is 9.61. The number of allylic oxidation sites excluding steroid dienone is 4. The molecule has 1 atom stereocenters. The van der Waals surface area contributed by atoms with Crippen molar-refractivity contribution in [3.63, 3.8) is 0 Å². The summed E-state index contributed by atoms with van der Waals surface area (Å²) < 4.78 is 2.56. The number of nitrogens with zero attached hydrogens (tertiary/aromatic N) is 3. The fourth-order valence-corrected chi connectivity index (χ4v) is 7.94. The summed E-state index contributed by atoms with van der Waals surface area (Å²) in [6.45, 7) is 0. The van der Waals surface area contributed by atoms with Gasteiger partial charge in [-0.15, -0.1) is 0 Å². The van der Waals surface area contributed by atoms with Gasteiger partial charge in [-0.1, -0.05) is 127 Å². The second-order valence-electron chi connectivity index (χ2n) is 11.7. The highest BCUT2D eigenvalue weighted by Crippen LogP contribution is 2.59. The van der Waals surface area contributed by atoms with Gasteiger partial charge in [0.15, 0.2) is 0 Å². The first-order valence-electron chi connectivity index (χ1n) is 15.3. The highest BCUT2D eigenvalue weighted by Gasteiger charge is 2.47. The lowest BCUT2D eigenvalue weighted by Gasteiger charge is -2.34. The maximum atomic E-state index is 4.68. The molecule has 2 aliphatic rings. The fourth-order valence-electron chi connectivity index (χ4n) is 7.94. The second-order valence-corrected chi connectivity index (χ2v) is 11.7. The molecule has 0 amide bonds. The minimum absolute atomic E-state index is 0.0991. The third kappa shape index (κ3) is 3.38. The first kappa shape index (κ1) is 25.0. The lowest BCUT2D eigenvalue weighted by Crippen LogP contribution is -2.28. The average Bonchev–Trinajstić information content (AvgIpc) is 3.60. The molecule has 0 fully saturated rings. The zero-order valence-electron chi connectivity index (χ0n) is 24.1. The van der Waals surface area contributed by atoms with Gasteiger partial charge in [0, 0.05) is 28.1 Å². The van der Waals surface area contributed by atoms with Crippen molar-refractivity contribution in [2.24, 2.45) is 0 Å². The molecular weight excluding hydrogens is 534 g/mol. The first-order chi connectivity index (χ1) is 21.9. The van der Waals surface area contributed by atoms with Crippen molar-refractivity contribution in [3.8, 4) is 11.1 Å². The van der Waals surface area contributed by atoms with Gasteiger partial charge in [0.25, 0.3) is 0 Å². The number of benzene rings is 5. The van der Waals surface area contributed by atoms with Crippen LogP contribution in [-0.2, 0) is 5.41 Å². The Hall–Kier alpha value is -5.54. The normalized spacial score (nSPS) is 16.5. The predicted molar refractivity (Wildman–Crippen MR) is 180 cm³/mol. The van der Waals surface area contributed by atoms with Crippen molar-refractivity contribution in [2.45, 2.75) is 17.9 Å². The zero-order valence-corrected chi connectivity index (χ0v) is 24.1. The Labute approximate surface area is 256 Å². The maximum Gasteiger partial charge on any atom is 0.116 e. The molecule has 2 aromatic heterocycles. The summed E-state index contributed by atoms with van der Waals surface area (Å²) in [7, 11) is 0. The molecule has 3 nitrogen and oxygen atoms in total. The molecule has 7 aromatic rings. The molecule has 0 aliphatic heterocycles. The van der Waals surface area contributed by atoms with Crippen LogP contribution in [0.3, 0.4) is 0 Å². The molecule has 9 rings (SSSR count). The van der Waals surface area contributed by atoms with Gasteiger partial charge in [0.05, 0.1) is 22.7 Å². The van der Waals surface area contributed by atoms with E-state index in [2.05, 4.69) is 154 Å². The van der Waals surface area contributed by atoms with E-state index in [9.17, 15) is 0 Å². The number of fused-ring (bicyclic) bond motifs is 7. The molecule has 0 N–H and O–H groups in total. The largest absolute Gasteiger partial charge is 0.332 e. The molecule has 0 saturated carbocycles. The van der Waals surface area contributed by atoms with Crippen LogP contribution >= 0.6 is 0 Å². The van der Waals surface area contributed by atoms with Crippen molar-refractivity contribution < 1.29 is 0 Å². The summed E-state index contributed by atoms with van der Waals surface area (Å²) in [5.74, 6) is 0. The standard InChI is InChI=1S/C41H29N3/c1-3-13-28(14-4-1)41(29-15-5-2-6-16-29)34-20-10-7-17-30(34)31-23-24-38-39(40(31)41)33-19-9-12-22-37(33)44(38)36-21-11-8-18-32(36)35-25-26-42-27-43-35/h1-20,22-27,36H,21H2. The molecular formula is C41H29N3. The lowest BCUT2D eigenvalue weighted by molar-refractivity contribution is 0.662. The van der Waals surface area contributed by atoms with Gasteiger partial charge in [-0.25, -0.2) is 9.97 Å². The third-order valence-electron chi connectivity index (χ3n) is 9.61. The van der Waals surface area contributed by atoms with Crippen LogP contribution in [0.1, 0.15) is 40.4 Å². The molecule has 0 saturated heterocycles. The van der Waals surface area contributed by atoms with Crippen LogP contribution in [-0.4, -0.2) is 14.5 Å². The highest BCUT2D eigenvalue weighted by molar-refractivity contribution is 6.14. The van der Waals surface area contributed by atoms with E-state index >= 15 is 0 Å². The van der Waals surface area contributed by atoms with Gasteiger partial charge in [0.1, 0.15) is 6.33 Å². The molecule has 44 heavy (non-hydrogen) atoms. The summed E-state index contributed by atoms with van der Waals surface area (Å²) in [4.78, 5) is 8.88. The van der Waals surface area contributed by atoms with E-state index in [-0.39, 0.29) is 6.04 Å². The van der Waals surface area contributed by atoms with E-state index in [0.717, 1.165) is 12.1 Å². The molecule has 5 aromatic carbocycles. The average molecular weight is 564 g/mol. The van der Waals surface area contributed by atoms with E-state index in [1.54, 1.807) is 6.33 Å². The summed E-state index contributed by atoms with van der Waals surface area (Å²) in [6.07, 6.45) is 11.0. The number of hydrogen-bond acceptors (Lipinski definition) is 2. The van der Waals surface area contributed by atoms with E-state index in [0.29, 0.717) is 0 Å². The zero-order chi connectivity index (χ0) is 29.1. The molecule has 1 unspecified atom stereocenters. The Morgan fingerprint density at radius 3 is 2.16 bits per heavy atom. The fraction of sp³-hybridized carbons (Fsp3) is 0.0732. The SMILES string of the molecule is C1=CCC(n2c3ccccc3c3c4c(ccc32)-c2ccccc2C4(c2ccccc2)c2ccccc2)C(c2ccncn2)=C1. The topological polar surface area (TPSA) is 30.7 Å². The van der Waals surface area contributed by atoms with Crippen LogP contribution in [0.5, 0.6) is 0 Å². The van der Waals surface area contributed by atoms with E-state index < -0.39 is 5.41 Å². The van der Waals surface area contributed by atoms with Crippen LogP contribution in [0.4, 0.5) is 0 Å². The van der Waals surface area contributed by atoms with Crippen molar-refractivity contribution in [1.82, 2.24) is 14.5 Å². The monoisotopic (exact) mass is 563 g/mol. The van der Waals surface area contributed by atoms with Crippen LogP contribution in [0.15, 0.2) is 158 Å². The molecule has 208 valence electrons. The Bertz CT molecular complexity index is 2200. The minimum atomic E-state index is -0.472. The Morgan fingerprint density at radius 2 is 1.39 bits per heavy atom. The smallest absolute Gasteiger partial charge is 0.116 e. The first-order valence-corrected chi connectivity index (χ1v) is 15.3. The Morgan fingerprint density at radius 1 is 0.659 bits per heavy atom. The van der Waals surface area contributed by atoms with Gasteiger partial charge < -0.3 is 4.57 Å². The van der Waals surface area contributed by atoms with Crippen LogP contribution in [0.25, 0.3) is 38.5 Å². The van der Waals surface area contributed by atoms with Gasteiger partial charge in [-0.3, -0.25) is 0 Å². The van der Waals surface area contributed by atoms with Gasteiger partial charge in [0.2, 0.25) is 0 Å².